The zero-order chi connectivity index (χ0) is 15.2. The van der Waals surface area contributed by atoms with Gasteiger partial charge in [0.05, 0.1) is 19.2 Å². The number of rotatable bonds is 8. The molecule has 0 saturated carbocycles. The first-order chi connectivity index (χ1) is 10.2. The number of carbonyl (C=O) groups excluding carboxylic acids is 1. The van der Waals surface area contributed by atoms with Crippen molar-refractivity contribution in [3.8, 4) is 5.75 Å². The van der Waals surface area contributed by atoms with Gasteiger partial charge in [0.25, 0.3) is 0 Å². The lowest BCUT2D eigenvalue weighted by Gasteiger charge is -2.19. The van der Waals surface area contributed by atoms with Crippen molar-refractivity contribution in [2.45, 2.75) is 26.7 Å². The number of pyridine rings is 1. The van der Waals surface area contributed by atoms with Crippen molar-refractivity contribution < 1.29 is 9.53 Å². The summed E-state index contributed by atoms with van der Waals surface area (Å²) in [5.74, 6) is 0.946. The average molecular weight is 288 g/mol. The minimum atomic E-state index is 0.174. The Morgan fingerprint density at radius 1 is 1.19 bits per heavy atom. The first-order valence-corrected chi connectivity index (χ1v) is 7.59. The third-order valence-corrected chi connectivity index (χ3v) is 3.62. The van der Waals surface area contributed by atoms with Crippen LogP contribution in [0.15, 0.2) is 30.6 Å². The van der Waals surface area contributed by atoms with E-state index in [1.165, 1.54) is 0 Å². The highest BCUT2D eigenvalue weighted by Crippen LogP contribution is 2.19. The van der Waals surface area contributed by atoms with Crippen LogP contribution >= 0.6 is 0 Å². The molecule has 2 aromatic heterocycles. The lowest BCUT2D eigenvalue weighted by Crippen LogP contribution is -2.31. The van der Waals surface area contributed by atoms with E-state index in [0.717, 1.165) is 42.8 Å². The molecular weight excluding hydrogens is 264 g/mol. The smallest absolute Gasteiger partial charge is 0.178 e. The molecule has 4 heteroatoms. The molecule has 21 heavy (non-hydrogen) atoms. The number of ether oxygens (including phenoxy) is 1. The van der Waals surface area contributed by atoms with Crippen LogP contribution in [0.3, 0.4) is 0 Å². The molecule has 0 unspecified atom stereocenters. The maximum atomic E-state index is 12.6. The van der Waals surface area contributed by atoms with Crippen LogP contribution in [0, 0.1) is 0 Å². The molecule has 0 aliphatic heterocycles. The molecule has 0 bridgehead atoms. The van der Waals surface area contributed by atoms with E-state index in [0.29, 0.717) is 6.54 Å². The van der Waals surface area contributed by atoms with Gasteiger partial charge in [-0.15, -0.1) is 0 Å². The van der Waals surface area contributed by atoms with Crippen molar-refractivity contribution in [3.05, 3.63) is 36.2 Å². The van der Waals surface area contributed by atoms with Gasteiger partial charge in [0, 0.05) is 24.0 Å². The largest absolute Gasteiger partial charge is 0.497 e. The van der Waals surface area contributed by atoms with E-state index in [1.54, 1.807) is 7.11 Å². The molecule has 0 aliphatic carbocycles. The summed E-state index contributed by atoms with van der Waals surface area (Å²) in [7, 11) is 1.64. The fourth-order valence-corrected chi connectivity index (χ4v) is 2.63. The Labute approximate surface area is 126 Å². The van der Waals surface area contributed by atoms with Crippen molar-refractivity contribution in [1.29, 1.82) is 0 Å². The van der Waals surface area contributed by atoms with Gasteiger partial charge in [0.2, 0.25) is 0 Å². The number of methoxy groups -OCH3 is 1. The van der Waals surface area contributed by atoms with Crippen molar-refractivity contribution in [2.75, 3.05) is 26.7 Å². The lowest BCUT2D eigenvalue weighted by molar-refractivity contribution is 0.0932. The molecule has 0 aromatic carbocycles. The molecule has 114 valence electrons. The molecule has 0 aliphatic rings. The average Bonchev–Trinajstić information content (AvgIpc) is 2.90. The summed E-state index contributed by atoms with van der Waals surface area (Å²) >= 11 is 0. The van der Waals surface area contributed by atoms with Crippen molar-refractivity contribution in [1.82, 2.24) is 9.30 Å². The fourth-order valence-electron chi connectivity index (χ4n) is 2.63. The second-order valence-corrected chi connectivity index (χ2v) is 5.29. The second kappa shape index (κ2) is 7.27. The highest BCUT2D eigenvalue weighted by Gasteiger charge is 2.15. The Bertz CT molecular complexity index is 598. The first-order valence-electron chi connectivity index (χ1n) is 7.59. The molecule has 0 saturated heterocycles. The minimum absolute atomic E-state index is 0.174. The van der Waals surface area contributed by atoms with E-state index in [2.05, 4.69) is 18.7 Å². The topological polar surface area (TPSA) is 34.0 Å². The van der Waals surface area contributed by atoms with E-state index in [-0.39, 0.29) is 5.78 Å². The lowest BCUT2D eigenvalue weighted by atomic mass is 10.1. The van der Waals surface area contributed by atoms with E-state index in [1.807, 2.05) is 35.0 Å². The van der Waals surface area contributed by atoms with Crippen LogP contribution in [0.5, 0.6) is 5.75 Å². The molecule has 0 amide bonds. The standard InChI is InChI=1S/C17H24N2O2/c1-4-8-18(9-5-2)13-17(20)15-7-11-19-10-6-14(21-3)12-16(15)19/h6-7,10-12H,4-5,8-9,13H2,1-3H3. The summed E-state index contributed by atoms with van der Waals surface area (Å²) in [6.45, 7) is 6.71. The maximum Gasteiger partial charge on any atom is 0.178 e. The number of fused-ring (bicyclic) bond motifs is 1. The van der Waals surface area contributed by atoms with Gasteiger partial charge in [0.1, 0.15) is 5.75 Å². The molecule has 0 radical (unpaired) electrons. The molecule has 0 N–H and O–H groups in total. The zero-order valence-corrected chi connectivity index (χ0v) is 13.1. The Balaban J connectivity index is 2.22. The predicted molar refractivity (Wildman–Crippen MR) is 85.3 cm³/mol. The summed E-state index contributed by atoms with van der Waals surface area (Å²) < 4.78 is 7.21. The third-order valence-electron chi connectivity index (χ3n) is 3.62. The zero-order valence-electron chi connectivity index (χ0n) is 13.1. The molecule has 2 heterocycles. The van der Waals surface area contributed by atoms with E-state index in [9.17, 15) is 4.79 Å². The van der Waals surface area contributed by atoms with Gasteiger partial charge in [-0.2, -0.15) is 0 Å². The van der Waals surface area contributed by atoms with Gasteiger partial charge in [-0.3, -0.25) is 9.69 Å². The van der Waals surface area contributed by atoms with Crippen LogP contribution in [0.1, 0.15) is 37.0 Å². The normalized spacial score (nSPS) is 11.2. The molecule has 0 fully saturated rings. The molecule has 2 rings (SSSR count). The maximum absolute atomic E-state index is 12.6. The van der Waals surface area contributed by atoms with E-state index >= 15 is 0 Å². The predicted octanol–water partition coefficient (Wildman–Crippen LogP) is 3.25. The minimum Gasteiger partial charge on any atom is -0.497 e. The molecular formula is C17H24N2O2. The summed E-state index contributed by atoms with van der Waals surface area (Å²) in [5.41, 5.74) is 1.68. The Hall–Kier alpha value is -1.81. The van der Waals surface area contributed by atoms with Gasteiger partial charge >= 0.3 is 0 Å². The SMILES string of the molecule is CCCN(CCC)CC(=O)c1ccn2ccc(OC)cc12. The summed E-state index contributed by atoms with van der Waals surface area (Å²) in [5, 5.41) is 0. The van der Waals surface area contributed by atoms with E-state index < -0.39 is 0 Å². The molecule has 0 spiro atoms. The summed E-state index contributed by atoms with van der Waals surface area (Å²) in [6.07, 6.45) is 5.97. The van der Waals surface area contributed by atoms with Gasteiger partial charge in [-0.25, -0.2) is 0 Å². The Morgan fingerprint density at radius 2 is 1.86 bits per heavy atom. The van der Waals surface area contributed by atoms with Crippen LogP contribution in [-0.4, -0.2) is 41.8 Å². The van der Waals surface area contributed by atoms with Crippen LogP contribution < -0.4 is 4.74 Å². The Morgan fingerprint density at radius 3 is 2.48 bits per heavy atom. The van der Waals surface area contributed by atoms with Crippen LogP contribution in [0.4, 0.5) is 0 Å². The van der Waals surface area contributed by atoms with Gasteiger partial charge < -0.3 is 9.14 Å². The highest BCUT2D eigenvalue weighted by molar-refractivity contribution is 6.04. The number of hydrogen-bond acceptors (Lipinski definition) is 3. The number of ketones is 1. The van der Waals surface area contributed by atoms with Crippen LogP contribution in [0.25, 0.3) is 5.52 Å². The molecule has 0 atom stereocenters. The van der Waals surface area contributed by atoms with Crippen molar-refractivity contribution >= 4 is 11.3 Å². The van der Waals surface area contributed by atoms with Crippen LogP contribution in [-0.2, 0) is 0 Å². The number of carbonyl (C=O) groups is 1. The van der Waals surface area contributed by atoms with Crippen molar-refractivity contribution in [2.24, 2.45) is 0 Å². The fraction of sp³-hybridized carbons (Fsp3) is 0.471. The quantitative estimate of drug-likeness (QED) is 0.699. The first kappa shape index (κ1) is 15.6. The van der Waals surface area contributed by atoms with Gasteiger partial charge in [-0.05, 0) is 38.1 Å². The second-order valence-electron chi connectivity index (χ2n) is 5.29. The summed E-state index contributed by atoms with van der Waals surface area (Å²) in [6, 6.07) is 5.70. The van der Waals surface area contributed by atoms with Crippen LogP contribution in [0.2, 0.25) is 0 Å². The highest BCUT2D eigenvalue weighted by atomic mass is 16.5. The summed E-state index contributed by atoms with van der Waals surface area (Å²) in [4.78, 5) is 14.8. The monoisotopic (exact) mass is 288 g/mol. The molecule has 2 aromatic rings. The third kappa shape index (κ3) is 3.64. The van der Waals surface area contributed by atoms with Crippen molar-refractivity contribution in [3.63, 3.8) is 0 Å². The number of hydrogen-bond donors (Lipinski definition) is 0. The number of nitrogens with zero attached hydrogens (tertiary/aromatic N) is 2. The molecule has 4 nitrogen and oxygen atoms in total. The number of Topliss-reactive ketones (excluding diaryl/α,β-unsaturated/α-hetero) is 1. The Kier molecular flexibility index (Phi) is 5.39. The number of aromatic nitrogens is 1. The van der Waals surface area contributed by atoms with Gasteiger partial charge in [-0.1, -0.05) is 13.8 Å². The van der Waals surface area contributed by atoms with E-state index in [4.69, 9.17) is 4.74 Å². The van der Waals surface area contributed by atoms with Gasteiger partial charge in [0.15, 0.2) is 5.78 Å².